The molecule has 1 atom stereocenters. The lowest BCUT2D eigenvalue weighted by molar-refractivity contribution is -0.00672. The highest BCUT2D eigenvalue weighted by atomic mass is 32.1. The number of nitrogens with zero attached hydrogens (tertiary/aromatic N) is 1. The number of likely N-dealkylation sites (tertiary alicyclic amines) is 1. The minimum Gasteiger partial charge on any atom is -0.372 e. The van der Waals surface area contributed by atoms with E-state index >= 15 is 0 Å². The second-order valence-corrected chi connectivity index (χ2v) is 6.53. The zero-order chi connectivity index (χ0) is 16.2. The monoisotopic (exact) mass is 337 g/mol. The third kappa shape index (κ3) is 4.14. The molecular weight excluding hydrogens is 320 g/mol. The highest BCUT2D eigenvalue weighted by Gasteiger charge is 2.25. The van der Waals surface area contributed by atoms with Crippen molar-refractivity contribution < 1.29 is 18.3 Å². The van der Waals surface area contributed by atoms with Gasteiger partial charge >= 0.3 is 0 Å². The van der Waals surface area contributed by atoms with Crippen LogP contribution in [0.3, 0.4) is 0 Å². The van der Waals surface area contributed by atoms with Crippen LogP contribution in [0.2, 0.25) is 0 Å². The lowest BCUT2D eigenvalue weighted by atomic mass is 10.1. The van der Waals surface area contributed by atoms with Gasteiger partial charge in [-0.3, -0.25) is 4.79 Å². The van der Waals surface area contributed by atoms with Gasteiger partial charge < -0.3 is 9.64 Å². The summed E-state index contributed by atoms with van der Waals surface area (Å²) in [7, 11) is 0. The summed E-state index contributed by atoms with van der Waals surface area (Å²) in [6, 6.07) is 7.04. The summed E-state index contributed by atoms with van der Waals surface area (Å²) in [6.45, 7) is 1.36. The predicted octanol–water partition coefficient (Wildman–Crippen LogP) is 3.85. The van der Waals surface area contributed by atoms with Crippen molar-refractivity contribution in [3.05, 3.63) is 57.8 Å². The lowest BCUT2D eigenvalue weighted by Gasteiger charge is -2.32. The Bertz CT molecular complexity index is 655. The standard InChI is InChI=1S/C17H17F2NO2S/c18-13-7-12(8-14(19)9-13)11-22-15-3-1-5-20(10-15)17(21)16-4-2-6-23-16/h2,4,6-9,15H,1,3,5,10-11H2. The lowest BCUT2D eigenvalue weighted by Crippen LogP contribution is -2.42. The average molecular weight is 337 g/mol. The number of halogens is 2. The minimum atomic E-state index is -0.609. The van der Waals surface area contributed by atoms with Crippen molar-refractivity contribution in [3.63, 3.8) is 0 Å². The van der Waals surface area contributed by atoms with Gasteiger partial charge in [0.2, 0.25) is 0 Å². The molecule has 1 unspecified atom stereocenters. The average Bonchev–Trinajstić information content (AvgIpc) is 3.06. The fraction of sp³-hybridized carbons (Fsp3) is 0.353. The van der Waals surface area contributed by atoms with Crippen LogP contribution in [0.15, 0.2) is 35.7 Å². The van der Waals surface area contributed by atoms with E-state index in [1.165, 1.54) is 23.5 Å². The zero-order valence-corrected chi connectivity index (χ0v) is 13.3. The molecule has 1 saturated heterocycles. The first-order valence-corrected chi connectivity index (χ1v) is 8.39. The van der Waals surface area contributed by atoms with Crippen LogP contribution in [0.4, 0.5) is 8.78 Å². The van der Waals surface area contributed by atoms with Crippen LogP contribution < -0.4 is 0 Å². The van der Waals surface area contributed by atoms with Gasteiger partial charge in [-0.05, 0) is 42.0 Å². The van der Waals surface area contributed by atoms with Crippen molar-refractivity contribution in [2.24, 2.45) is 0 Å². The van der Waals surface area contributed by atoms with Crippen LogP contribution >= 0.6 is 11.3 Å². The van der Waals surface area contributed by atoms with Gasteiger partial charge in [0.05, 0.1) is 17.6 Å². The maximum absolute atomic E-state index is 13.2. The van der Waals surface area contributed by atoms with Crippen LogP contribution in [0, 0.1) is 11.6 Å². The van der Waals surface area contributed by atoms with E-state index in [2.05, 4.69) is 0 Å². The van der Waals surface area contributed by atoms with E-state index in [1.54, 1.807) is 4.90 Å². The molecule has 2 aromatic rings. The predicted molar refractivity (Wildman–Crippen MR) is 84.4 cm³/mol. The highest BCUT2D eigenvalue weighted by Crippen LogP contribution is 2.20. The van der Waals surface area contributed by atoms with Crippen molar-refractivity contribution in [1.29, 1.82) is 0 Å². The number of carbonyl (C=O) groups excluding carboxylic acids is 1. The summed E-state index contributed by atoms with van der Waals surface area (Å²) < 4.78 is 32.1. The number of thiophene rings is 1. The smallest absolute Gasteiger partial charge is 0.264 e. The molecule has 0 spiro atoms. The van der Waals surface area contributed by atoms with E-state index < -0.39 is 11.6 Å². The van der Waals surface area contributed by atoms with E-state index in [-0.39, 0.29) is 18.6 Å². The summed E-state index contributed by atoms with van der Waals surface area (Å²) >= 11 is 1.42. The molecule has 1 fully saturated rings. The quantitative estimate of drug-likeness (QED) is 0.848. The Morgan fingerprint density at radius 3 is 2.78 bits per heavy atom. The number of rotatable bonds is 4. The largest absolute Gasteiger partial charge is 0.372 e. The molecule has 0 bridgehead atoms. The number of hydrogen-bond donors (Lipinski definition) is 0. The Balaban J connectivity index is 1.57. The van der Waals surface area contributed by atoms with Crippen molar-refractivity contribution in [2.75, 3.05) is 13.1 Å². The van der Waals surface area contributed by atoms with Crippen molar-refractivity contribution in [3.8, 4) is 0 Å². The molecule has 1 aliphatic rings. The Morgan fingerprint density at radius 1 is 1.30 bits per heavy atom. The summed E-state index contributed by atoms with van der Waals surface area (Å²) in [5.74, 6) is -1.20. The van der Waals surface area contributed by atoms with Gasteiger partial charge in [-0.25, -0.2) is 8.78 Å². The molecule has 1 aromatic heterocycles. The molecule has 6 heteroatoms. The van der Waals surface area contributed by atoms with Crippen molar-refractivity contribution in [2.45, 2.75) is 25.6 Å². The van der Waals surface area contributed by atoms with Crippen LogP contribution in [0.5, 0.6) is 0 Å². The minimum absolute atomic E-state index is 0.0186. The van der Waals surface area contributed by atoms with Crippen molar-refractivity contribution in [1.82, 2.24) is 4.90 Å². The molecular formula is C17H17F2NO2S. The number of amides is 1. The maximum Gasteiger partial charge on any atom is 0.264 e. The molecule has 1 aromatic carbocycles. The van der Waals surface area contributed by atoms with E-state index in [0.717, 1.165) is 23.8 Å². The van der Waals surface area contributed by atoms with E-state index in [4.69, 9.17) is 4.74 Å². The molecule has 1 amide bonds. The Labute approximate surface area is 137 Å². The normalized spacial score (nSPS) is 18.2. The molecule has 1 aliphatic heterocycles. The number of carbonyl (C=O) groups is 1. The summed E-state index contributed by atoms with van der Waals surface area (Å²) in [5.41, 5.74) is 0.462. The molecule has 3 rings (SSSR count). The summed E-state index contributed by atoms with van der Waals surface area (Å²) in [6.07, 6.45) is 1.59. The third-order valence-corrected chi connectivity index (χ3v) is 4.66. The summed E-state index contributed by atoms with van der Waals surface area (Å²) in [5, 5.41) is 1.88. The first kappa shape index (κ1) is 16.1. The number of hydrogen-bond acceptors (Lipinski definition) is 3. The molecule has 3 nitrogen and oxygen atoms in total. The SMILES string of the molecule is O=C(c1cccs1)N1CCCC(OCc2cc(F)cc(F)c2)C1. The first-order valence-electron chi connectivity index (χ1n) is 7.51. The van der Waals surface area contributed by atoms with Gasteiger partial charge in [-0.2, -0.15) is 0 Å². The van der Waals surface area contributed by atoms with Gasteiger partial charge in [0.1, 0.15) is 11.6 Å². The van der Waals surface area contributed by atoms with E-state index in [9.17, 15) is 13.6 Å². The maximum atomic E-state index is 13.2. The number of benzene rings is 1. The fourth-order valence-corrected chi connectivity index (χ4v) is 3.41. The van der Waals surface area contributed by atoms with Crippen LogP contribution in [0.25, 0.3) is 0 Å². The number of piperidine rings is 1. The van der Waals surface area contributed by atoms with E-state index in [1.807, 2.05) is 17.5 Å². The summed E-state index contributed by atoms with van der Waals surface area (Å²) in [4.78, 5) is 14.9. The molecule has 23 heavy (non-hydrogen) atoms. The van der Waals surface area contributed by atoms with Crippen molar-refractivity contribution >= 4 is 17.2 Å². The van der Waals surface area contributed by atoms with Gasteiger partial charge in [0.15, 0.2) is 0 Å². The molecule has 0 radical (unpaired) electrons. The Kier molecular flexibility index (Phi) is 5.03. The molecule has 0 saturated carbocycles. The Morgan fingerprint density at radius 2 is 2.09 bits per heavy atom. The van der Waals surface area contributed by atoms with Gasteiger partial charge in [-0.15, -0.1) is 11.3 Å². The van der Waals surface area contributed by atoms with Gasteiger partial charge in [0, 0.05) is 19.2 Å². The third-order valence-electron chi connectivity index (χ3n) is 3.81. The molecule has 122 valence electrons. The van der Waals surface area contributed by atoms with Crippen LogP contribution in [0.1, 0.15) is 28.1 Å². The second-order valence-electron chi connectivity index (χ2n) is 5.58. The van der Waals surface area contributed by atoms with Crippen LogP contribution in [-0.4, -0.2) is 30.0 Å². The van der Waals surface area contributed by atoms with Gasteiger partial charge in [-0.1, -0.05) is 6.07 Å². The molecule has 2 heterocycles. The highest BCUT2D eigenvalue weighted by molar-refractivity contribution is 7.12. The second kappa shape index (κ2) is 7.19. The first-order chi connectivity index (χ1) is 11.1. The molecule has 0 N–H and O–H groups in total. The number of ether oxygens (including phenoxy) is 1. The van der Waals surface area contributed by atoms with Gasteiger partial charge in [0.25, 0.3) is 5.91 Å². The topological polar surface area (TPSA) is 29.5 Å². The zero-order valence-electron chi connectivity index (χ0n) is 12.5. The fourth-order valence-electron chi connectivity index (χ4n) is 2.72. The van der Waals surface area contributed by atoms with Crippen LogP contribution in [-0.2, 0) is 11.3 Å². The molecule has 0 aliphatic carbocycles. The Hall–Kier alpha value is -1.79. The van der Waals surface area contributed by atoms with E-state index in [0.29, 0.717) is 18.7 Å².